The Kier molecular flexibility index (Phi) is 3.34. The number of aromatic nitrogens is 3. The van der Waals surface area contributed by atoms with Crippen molar-refractivity contribution in [1.29, 1.82) is 0 Å². The molecule has 0 saturated heterocycles. The molecule has 0 bridgehead atoms. The van der Waals surface area contributed by atoms with Gasteiger partial charge in [0.05, 0.1) is 6.54 Å². The number of hydrogen-bond donors (Lipinski definition) is 1. The molecule has 2 heterocycles. The number of nitrogens with one attached hydrogen (secondary N) is 1. The lowest BCUT2D eigenvalue weighted by atomic mass is 10.5. The number of anilines is 1. The third-order valence-electron chi connectivity index (χ3n) is 2.06. The molecule has 0 aliphatic rings. The van der Waals surface area contributed by atoms with Gasteiger partial charge in [-0.15, -0.1) is 11.3 Å². The zero-order valence-electron chi connectivity index (χ0n) is 8.68. The van der Waals surface area contributed by atoms with Crippen LogP contribution in [0.1, 0.15) is 18.4 Å². The van der Waals surface area contributed by atoms with Crippen LogP contribution in [0.15, 0.2) is 24.0 Å². The van der Waals surface area contributed by atoms with Gasteiger partial charge in [0.15, 0.2) is 0 Å². The van der Waals surface area contributed by atoms with Crippen LogP contribution in [0.25, 0.3) is 0 Å². The van der Waals surface area contributed by atoms with E-state index in [-0.39, 0.29) is 0 Å². The number of rotatable bonds is 5. The minimum atomic E-state index is 0.748. The summed E-state index contributed by atoms with van der Waals surface area (Å²) in [5.74, 6) is 0.923. The van der Waals surface area contributed by atoms with Crippen molar-refractivity contribution in [3.8, 4) is 0 Å². The van der Waals surface area contributed by atoms with E-state index in [1.165, 1.54) is 0 Å². The summed E-state index contributed by atoms with van der Waals surface area (Å²) in [6.07, 6.45) is 6.75. The fourth-order valence-electron chi connectivity index (χ4n) is 1.39. The van der Waals surface area contributed by atoms with Crippen molar-refractivity contribution in [1.82, 2.24) is 14.5 Å². The van der Waals surface area contributed by atoms with Crippen LogP contribution in [0.5, 0.6) is 0 Å². The molecule has 0 aromatic carbocycles. The van der Waals surface area contributed by atoms with E-state index < -0.39 is 0 Å². The number of nitrogens with zero attached hydrogens (tertiary/aromatic N) is 3. The van der Waals surface area contributed by atoms with E-state index in [0.29, 0.717) is 0 Å². The summed E-state index contributed by atoms with van der Waals surface area (Å²) in [6.45, 7) is 3.91. The Bertz CT molecular complexity index is 393. The van der Waals surface area contributed by atoms with Crippen LogP contribution in [0, 0.1) is 0 Å². The average Bonchev–Trinajstić information content (AvgIpc) is 2.85. The van der Waals surface area contributed by atoms with E-state index in [4.69, 9.17) is 0 Å². The predicted octanol–water partition coefficient (Wildman–Crippen LogP) is 2.36. The third kappa shape index (κ3) is 2.56. The molecule has 2 rings (SSSR count). The van der Waals surface area contributed by atoms with Gasteiger partial charge in [-0.2, -0.15) is 0 Å². The molecular formula is C10H14N4S. The van der Waals surface area contributed by atoms with E-state index in [1.807, 2.05) is 24.0 Å². The zero-order chi connectivity index (χ0) is 10.5. The summed E-state index contributed by atoms with van der Waals surface area (Å²) >= 11 is 1.65. The maximum absolute atomic E-state index is 4.26. The van der Waals surface area contributed by atoms with E-state index in [0.717, 1.165) is 30.5 Å². The highest BCUT2D eigenvalue weighted by atomic mass is 32.1. The van der Waals surface area contributed by atoms with Crippen LogP contribution in [-0.4, -0.2) is 14.5 Å². The lowest BCUT2D eigenvalue weighted by Gasteiger charge is -2.06. The van der Waals surface area contributed by atoms with E-state index in [9.17, 15) is 0 Å². The molecule has 2 aromatic rings. The van der Waals surface area contributed by atoms with E-state index >= 15 is 0 Å². The van der Waals surface area contributed by atoms with E-state index in [1.54, 1.807) is 11.3 Å². The second kappa shape index (κ2) is 4.93. The maximum atomic E-state index is 4.26. The molecule has 0 radical (unpaired) electrons. The molecule has 0 aliphatic heterocycles. The molecule has 4 nitrogen and oxygen atoms in total. The van der Waals surface area contributed by atoms with Crippen molar-refractivity contribution in [3.05, 3.63) is 29.0 Å². The maximum Gasteiger partial charge on any atom is 0.203 e. The van der Waals surface area contributed by atoms with Gasteiger partial charge in [-0.1, -0.05) is 6.92 Å². The normalized spacial score (nSPS) is 10.5. The average molecular weight is 222 g/mol. The highest BCUT2D eigenvalue weighted by Crippen LogP contribution is 2.09. The Morgan fingerprint density at radius 3 is 3.07 bits per heavy atom. The third-order valence-corrected chi connectivity index (χ3v) is 2.84. The summed E-state index contributed by atoms with van der Waals surface area (Å²) < 4.78 is 2.12. The number of hydrogen-bond acceptors (Lipinski definition) is 4. The molecule has 0 aliphatic carbocycles. The summed E-state index contributed by atoms with van der Waals surface area (Å²) in [5.41, 5.74) is 0. The van der Waals surface area contributed by atoms with Crippen LogP contribution in [0.4, 0.5) is 5.95 Å². The smallest absolute Gasteiger partial charge is 0.203 e. The molecule has 2 aromatic heterocycles. The number of thiazole rings is 1. The first kappa shape index (κ1) is 10.2. The van der Waals surface area contributed by atoms with E-state index in [2.05, 4.69) is 26.8 Å². The van der Waals surface area contributed by atoms with Gasteiger partial charge >= 0.3 is 0 Å². The van der Waals surface area contributed by atoms with Crippen LogP contribution >= 0.6 is 11.3 Å². The summed E-state index contributed by atoms with van der Waals surface area (Å²) in [6, 6.07) is 0. The largest absolute Gasteiger partial charge is 0.349 e. The van der Waals surface area contributed by atoms with Gasteiger partial charge in [0.1, 0.15) is 5.01 Å². The van der Waals surface area contributed by atoms with Gasteiger partial charge in [-0.05, 0) is 6.42 Å². The Morgan fingerprint density at radius 1 is 1.40 bits per heavy atom. The van der Waals surface area contributed by atoms with Gasteiger partial charge in [0, 0.05) is 30.5 Å². The van der Waals surface area contributed by atoms with Crippen molar-refractivity contribution in [3.63, 3.8) is 0 Å². The highest BCUT2D eigenvalue weighted by Gasteiger charge is 2.01. The monoisotopic (exact) mass is 222 g/mol. The lowest BCUT2D eigenvalue weighted by Crippen LogP contribution is -2.06. The summed E-state index contributed by atoms with van der Waals surface area (Å²) in [7, 11) is 0. The Labute approximate surface area is 93.0 Å². The molecule has 0 atom stereocenters. The fourth-order valence-corrected chi connectivity index (χ4v) is 1.95. The van der Waals surface area contributed by atoms with Gasteiger partial charge in [0.25, 0.3) is 0 Å². The Morgan fingerprint density at radius 2 is 2.33 bits per heavy atom. The van der Waals surface area contributed by atoms with Crippen LogP contribution in [0.3, 0.4) is 0 Å². The molecule has 0 amide bonds. The fraction of sp³-hybridized carbons (Fsp3) is 0.400. The number of aryl methyl sites for hydroxylation is 1. The van der Waals surface area contributed by atoms with Crippen molar-refractivity contribution in [2.24, 2.45) is 0 Å². The van der Waals surface area contributed by atoms with Gasteiger partial charge in [-0.3, -0.25) is 0 Å². The van der Waals surface area contributed by atoms with Gasteiger partial charge < -0.3 is 9.88 Å². The van der Waals surface area contributed by atoms with Gasteiger partial charge in [0.2, 0.25) is 5.95 Å². The number of imidazole rings is 1. The summed E-state index contributed by atoms with van der Waals surface area (Å²) in [4.78, 5) is 8.47. The lowest BCUT2D eigenvalue weighted by molar-refractivity contribution is 0.682. The van der Waals surface area contributed by atoms with Crippen molar-refractivity contribution in [2.75, 3.05) is 5.32 Å². The minimum Gasteiger partial charge on any atom is -0.349 e. The predicted molar refractivity (Wildman–Crippen MR) is 62.0 cm³/mol. The molecule has 5 heteroatoms. The first-order valence-electron chi connectivity index (χ1n) is 5.03. The van der Waals surface area contributed by atoms with Crippen molar-refractivity contribution < 1.29 is 0 Å². The SMILES string of the molecule is CCCn1ccnc1NCc1nccs1. The summed E-state index contributed by atoms with van der Waals surface area (Å²) in [5, 5.41) is 6.35. The molecule has 0 saturated carbocycles. The molecule has 0 spiro atoms. The quantitative estimate of drug-likeness (QED) is 0.844. The first-order chi connectivity index (χ1) is 7.40. The van der Waals surface area contributed by atoms with Gasteiger partial charge in [-0.25, -0.2) is 9.97 Å². The van der Waals surface area contributed by atoms with Crippen LogP contribution in [-0.2, 0) is 13.1 Å². The second-order valence-electron chi connectivity index (χ2n) is 3.22. The van der Waals surface area contributed by atoms with Crippen molar-refractivity contribution >= 4 is 17.3 Å². The van der Waals surface area contributed by atoms with Crippen LogP contribution in [0.2, 0.25) is 0 Å². The molecule has 15 heavy (non-hydrogen) atoms. The standard InChI is InChI=1S/C10H14N4S/c1-2-5-14-6-3-12-10(14)13-8-9-11-4-7-15-9/h3-4,6-7H,2,5,8H2,1H3,(H,12,13). The molecule has 0 fully saturated rings. The molecular weight excluding hydrogens is 208 g/mol. The Hall–Kier alpha value is -1.36. The minimum absolute atomic E-state index is 0.748. The topological polar surface area (TPSA) is 42.7 Å². The second-order valence-corrected chi connectivity index (χ2v) is 4.20. The Balaban J connectivity index is 1.95. The molecule has 1 N–H and O–H groups in total. The van der Waals surface area contributed by atoms with Crippen molar-refractivity contribution in [2.45, 2.75) is 26.4 Å². The zero-order valence-corrected chi connectivity index (χ0v) is 9.50. The highest BCUT2D eigenvalue weighted by molar-refractivity contribution is 7.09. The first-order valence-corrected chi connectivity index (χ1v) is 5.91. The van der Waals surface area contributed by atoms with Crippen LogP contribution < -0.4 is 5.32 Å². The molecule has 0 unspecified atom stereocenters. The molecule has 80 valence electrons.